The van der Waals surface area contributed by atoms with Gasteiger partial charge < -0.3 is 10.2 Å². The lowest BCUT2D eigenvalue weighted by Gasteiger charge is -2.40. The van der Waals surface area contributed by atoms with Gasteiger partial charge in [-0.05, 0) is 51.1 Å². The fourth-order valence-electron chi connectivity index (χ4n) is 7.19. The van der Waals surface area contributed by atoms with Crippen LogP contribution in [-0.2, 0) is 5.41 Å². The highest BCUT2D eigenvalue weighted by Gasteiger charge is 2.61. The van der Waals surface area contributed by atoms with Crippen molar-refractivity contribution in [2.75, 3.05) is 19.0 Å². The lowest BCUT2D eigenvalue weighted by Crippen LogP contribution is -2.36. The highest BCUT2D eigenvalue weighted by atomic mass is 15.1. The molecular weight excluding hydrogens is 460 g/mol. The van der Waals surface area contributed by atoms with Gasteiger partial charge >= 0.3 is 0 Å². The third-order valence-electron chi connectivity index (χ3n) is 8.72. The third kappa shape index (κ3) is 3.30. The summed E-state index contributed by atoms with van der Waals surface area (Å²) < 4.78 is 0. The van der Waals surface area contributed by atoms with E-state index in [9.17, 15) is 0 Å². The average Bonchev–Trinajstić information content (AvgIpc) is 3.49. The molecule has 0 unspecified atom stereocenters. The van der Waals surface area contributed by atoms with Gasteiger partial charge in [-0.1, -0.05) is 121 Å². The van der Waals surface area contributed by atoms with Crippen molar-refractivity contribution in [3.8, 4) is 11.1 Å². The maximum absolute atomic E-state index is 4.21. The Hall–Kier alpha value is -4.14. The van der Waals surface area contributed by atoms with Gasteiger partial charge in [0.05, 0.1) is 0 Å². The maximum atomic E-state index is 4.21. The van der Waals surface area contributed by atoms with Crippen LogP contribution in [0.15, 0.2) is 133 Å². The predicted octanol–water partition coefficient (Wildman–Crippen LogP) is 7.89. The first-order chi connectivity index (χ1) is 18.7. The van der Waals surface area contributed by atoms with Gasteiger partial charge in [0.1, 0.15) is 0 Å². The van der Waals surface area contributed by atoms with Crippen LogP contribution in [0.4, 0.5) is 5.69 Å². The molecule has 38 heavy (non-hydrogen) atoms. The van der Waals surface area contributed by atoms with E-state index in [0.717, 1.165) is 0 Å². The molecule has 1 fully saturated rings. The molecule has 1 aliphatic heterocycles. The molecule has 0 saturated carbocycles. The van der Waals surface area contributed by atoms with E-state index in [2.05, 4.69) is 158 Å². The number of hydrogen-bond donors (Lipinski definition) is 1. The van der Waals surface area contributed by atoms with Crippen LogP contribution >= 0.6 is 0 Å². The first-order valence-corrected chi connectivity index (χ1v) is 13.5. The van der Waals surface area contributed by atoms with Gasteiger partial charge in [-0.2, -0.15) is 0 Å². The van der Waals surface area contributed by atoms with Crippen LogP contribution in [0.2, 0.25) is 0 Å². The van der Waals surface area contributed by atoms with Gasteiger partial charge in [-0.3, -0.25) is 0 Å². The second-order valence-corrected chi connectivity index (χ2v) is 10.8. The van der Waals surface area contributed by atoms with E-state index < -0.39 is 0 Å². The fraction of sp³-hybridized carbons (Fsp3) is 0.167. The predicted molar refractivity (Wildman–Crippen MR) is 158 cm³/mol. The van der Waals surface area contributed by atoms with E-state index in [0.29, 0.717) is 0 Å². The molecule has 1 spiro atoms. The van der Waals surface area contributed by atoms with Crippen molar-refractivity contribution in [1.29, 1.82) is 0 Å². The van der Waals surface area contributed by atoms with Crippen molar-refractivity contribution in [1.82, 2.24) is 5.32 Å². The van der Waals surface area contributed by atoms with E-state index in [-0.39, 0.29) is 23.4 Å². The Morgan fingerprint density at radius 1 is 0.526 bits per heavy atom. The van der Waals surface area contributed by atoms with Gasteiger partial charge in [0, 0.05) is 43.2 Å². The van der Waals surface area contributed by atoms with Crippen molar-refractivity contribution >= 4 is 5.69 Å². The van der Waals surface area contributed by atoms with E-state index in [1.807, 2.05) is 0 Å². The Morgan fingerprint density at radius 3 is 1.58 bits per heavy atom. The van der Waals surface area contributed by atoms with Crippen LogP contribution < -0.4 is 10.2 Å². The zero-order valence-corrected chi connectivity index (χ0v) is 21.9. The summed E-state index contributed by atoms with van der Waals surface area (Å²) in [6.07, 6.45) is 0. The summed E-state index contributed by atoms with van der Waals surface area (Å²) in [6, 6.07) is 49.8. The van der Waals surface area contributed by atoms with Gasteiger partial charge in [0.25, 0.3) is 0 Å². The summed E-state index contributed by atoms with van der Waals surface area (Å²) in [6.45, 7) is 0. The van der Waals surface area contributed by atoms with Crippen molar-refractivity contribution in [2.24, 2.45) is 0 Å². The molecule has 2 heteroatoms. The number of hydrogen-bond acceptors (Lipinski definition) is 2. The molecule has 0 radical (unpaired) electrons. The Kier molecular flexibility index (Phi) is 5.45. The van der Waals surface area contributed by atoms with Gasteiger partial charge in [0.2, 0.25) is 0 Å². The monoisotopic (exact) mass is 492 g/mol. The first kappa shape index (κ1) is 23.0. The normalized spacial score (nSPS) is 20.7. The molecule has 5 aromatic rings. The van der Waals surface area contributed by atoms with Gasteiger partial charge in [0.15, 0.2) is 0 Å². The molecule has 1 saturated heterocycles. The first-order valence-electron chi connectivity index (χ1n) is 13.5. The smallest absolute Gasteiger partial charge is 0.0496 e. The molecule has 1 aliphatic carbocycles. The standard InChI is InChI=1S/C36H32N2/c1-38(2)28-23-21-25(22-24-28)33-34(26-13-5-3-6-14-26)37-35(27-15-7-4-8-16-27)36(33)31-19-11-9-17-29(31)30-18-10-12-20-32(30)36/h3-24,33-35,37H,1-2H3/t33-,34+,35+/m0/s1. The molecule has 0 amide bonds. The second-order valence-electron chi connectivity index (χ2n) is 10.8. The number of benzene rings is 5. The molecule has 1 N–H and O–H groups in total. The molecule has 5 aromatic carbocycles. The number of nitrogens with zero attached hydrogens (tertiary/aromatic N) is 1. The summed E-state index contributed by atoms with van der Waals surface area (Å²) in [5, 5.41) is 4.21. The molecule has 2 nitrogen and oxygen atoms in total. The molecule has 0 bridgehead atoms. The highest BCUT2D eigenvalue weighted by Crippen LogP contribution is 2.67. The quantitative estimate of drug-likeness (QED) is 0.274. The van der Waals surface area contributed by atoms with Crippen molar-refractivity contribution in [3.63, 3.8) is 0 Å². The van der Waals surface area contributed by atoms with Crippen molar-refractivity contribution < 1.29 is 0 Å². The number of anilines is 1. The second kappa shape index (κ2) is 9.01. The maximum Gasteiger partial charge on any atom is 0.0496 e. The topological polar surface area (TPSA) is 15.3 Å². The minimum atomic E-state index is -0.269. The summed E-state index contributed by atoms with van der Waals surface area (Å²) >= 11 is 0. The van der Waals surface area contributed by atoms with Gasteiger partial charge in [-0.15, -0.1) is 0 Å². The van der Waals surface area contributed by atoms with Crippen LogP contribution in [-0.4, -0.2) is 14.1 Å². The molecular formula is C36H32N2. The largest absolute Gasteiger partial charge is 0.378 e. The Bertz CT molecular complexity index is 1530. The number of rotatable bonds is 4. The Morgan fingerprint density at radius 2 is 1.03 bits per heavy atom. The summed E-state index contributed by atoms with van der Waals surface area (Å²) in [7, 11) is 4.21. The number of fused-ring (bicyclic) bond motifs is 5. The molecule has 1 heterocycles. The zero-order valence-electron chi connectivity index (χ0n) is 21.9. The molecule has 0 aromatic heterocycles. The highest BCUT2D eigenvalue weighted by molar-refractivity contribution is 5.83. The van der Waals surface area contributed by atoms with E-state index in [1.165, 1.54) is 44.6 Å². The van der Waals surface area contributed by atoms with Crippen molar-refractivity contribution in [3.05, 3.63) is 161 Å². The minimum absolute atomic E-state index is 0.109. The third-order valence-corrected chi connectivity index (χ3v) is 8.72. The summed E-state index contributed by atoms with van der Waals surface area (Å²) in [5.41, 5.74) is 10.5. The Labute approximate surface area is 225 Å². The molecule has 2 aliphatic rings. The summed E-state index contributed by atoms with van der Waals surface area (Å²) in [4.78, 5) is 2.17. The fourth-order valence-corrected chi connectivity index (χ4v) is 7.19. The lowest BCUT2D eigenvalue weighted by molar-refractivity contribution is 0.420. The van der Waals surface area contributed by atoms with Crippen LogP contribution in [0.3, 0.4) is 0 Å². The zero-order chi connectivity index (χ0) is 25.7. The van der Waals surface area contributed by atoms with E-state index in [4.69, 9.17) is 0 Å². The van der Waals surface area contributed by atoms with E-state index >= 15 is 0 Å². The lowest BCUT2D eigenvalue weighted by atomic mass is 9.61. The SMILES string of the molecule is CN(C)c1ccc([C@H]2[C@@H](c3ccccc3)N[C@H](c3ccccc3)C23c2ccccc2-c2ccccc23)cc1. The van der Waals surface area contributed by atoms with Crippen LogP contribution in [0.1, 0.15) is 45.8 Å². The molecule has 3 atom stereocenters. The summed E-state index contributed by atoms with van der Waals surface area (Å²) in [5.74, 6) is 0.191. The van der Waals surface area contributed by atoms with Crippen LogP contribution in [0.5, 0.6) is 0 Å². The molecule has 186 valence electrons. The van der Waals surface area contributed by atoms with Gasteiger partial charge in [-0.25, -0.2) is 0 Å². The molecule has 7 rings (SSSR count). The van der Waals surface area contributed by atoms with E-state index in [1.54, 1.807) is 0 Å². The minimum Gasteiger partial charge on any atom is -0.378 e. The Balaban J connectivity index is 1.57. The number of nitrogens with one attached hydrogen (secondary N) is 1. The van der Waals surface area contributed by atoms with Crippen LogP contribution in [0.25, 0.3) is 11.1 Å². The average molecular weight is 493 g/mol. The van der Waals surface area contributed by atoms with Crippen LogP contribution in [0, 0.1) is 0 Å². The van der Waals surface area contributed by atoms with Crippen molar-refractivity contribution in [2.45, 2.75) is 23.4 Å².